The second-order valence-corrected chi connectivity index (χ2v) is 7.02. The van der Waals surface area contributed by atoms with Crippen LogP contribution in [0.5, 0.6) is 0 Å². The highest BCUT2D eigenvalue weighted by atomic mass is 16.3. The Kier molecular flexibility index (Phi) is 6.46. The number of hydrogen-bond donors (Lipinski definition) is 3. The van der Waals surface area contributed by atoms with E-state index in [2.05, 4.69) is 15.7 Å². The number of quaternary nitrogens is 1. The van der Waals surface area contributed by atoms with Gasteiger partial charge in [-0.3, -0.25) is 10.1 Å². The number of furan rings is 1. The molecule has 0 aliphatic heterocycles. The van der Waals surface area contributed by atoms with Crippen molar-refractivity contribution in [3.8, 4) is 5.69 Å². The predicted molar refractivity (Wildman–Crippen MR) is 108 cm³/mol. The summed E-state index contributed by atoms with van der Waals surface area (Å²) in [7, 11) is 1.92. The van der Waals surface area contributed by atoms with Gasteiger partial charge in [-0.2, -0.15) is 5.10 Å². The topological polar surface area (TPSA) is 93.6 Å². The Hall–Kier alpha value is -3.39. The summed E-state index contributed by atoms with van der Waals surface area (Å²) in [5.41, 5.74) is 4.08. The smallest absolute Gasteiger partial charge is 0.321 e. The molecule has 1 aromatic carbocycles. The van der Waals surface area contributed by atoms with Gasteiger partial charge in [-0.05, 0) is 38.1 Å². The maximum Gasteiger partial charge on any atom is 0.321 e. The Morgan fingerprint density at radius 1 is 1.14 bits per heavy atom. The number of urea groups is 1. The standard InChI is InChI=1S/C21H25N5O3/c1-15-19(16(2)26(24-15)17-8-5-4-6-9-17)13-25(3)14-20(27)23-21(28)22-12-18-10-7-11-29-18/h4-11H,12-14H2,1-3H3,(H2,22,23,27,28)/p+1. The van der Waals surface area contributed by atoms with Crippen LogP contribution in [-0.4, -0.2) is 35.3 Å². The van der Waals surface area contributed by atoms with Crippen LogP contribution in [-0.2, 0) is 17.9 Å². The SMILES string of the molecule is Cc1nn(-c2ccccc2)c(C)c1C[NH+](C)CC(=O)NC(=O)NCc1ccco1. The van der Waals surface area contributed by atoms with E-state index in [4.69, 9.17) is 4.42 Å². The Morgan fingerprint density at radius 2 is 1.90 bits per heavy atom. The lowest BCUT2D eigenvalue weighted by Crippen LogP contribution is -3.09. The highest BCUT2D eigenvalue weighted by Crippen LogP contribution is 2.16. The number of amides is 3. The van der Waals surface area contributed by atoms with E-state index in [1.807, 2.05) is 55.9 Å². The number of nitrogens with zero attached hydrogens (tertiary/aromatic N) is 2. The van der Waals surface area contributed by atoms with E-state index in [9.17, 15) is 9.59 Å². The van der Waals surface area contributed by atoms with Gasteiger partial charge in [0.1, 0.15) is 12.3 Å². The van der Waals surface area contributed by atoms with Gasteiger partial charge in [-0.1, -0.05) is 18.2 Å². The quantitative estimate of drug-likeness (QED) is 0.558. The Morgan fingerprint density at radius 3 is 2.59 bits per heavy atom. The monoisotopic (exact) mass is 396 g/mol. The number of para-hydroxylation sites is 1. The normalized spacial score (nSPS) is 11.8. The third-order valence-corrected chi connectivity index (χ3v) is 4.64. The minimum atomic E-state index is -0.538. The molecule has 8 heteroatoms. The molecule has 0 aliphatic rings. The molecule has 0 bridgehead atoms. The zero-order valence-electron chi connectivity index (χ0n) is 16.9. The van der Waals surface area contributed by atoms with Gasteiger partial charge in [-0.15, -0.1) is 0 Å². The van der Waals surface area contributed by atoms with Crippen molar-refractivity contribution in [2.24, 2.45) is 0 Å². The largest absolute Gasteiger partial charge is 0.467 e. The summed E-state index contributed by atoms with van der Waals surface area (Å²) in [4.78, 5) is 25.0. The minimum Gasteiger partial charge on any atom is -0.467 e. The van der Waals surface area contributed by atoms with Crippen LogP contribution in [0.3, 0.4) is 0 Å². The fraction of sp³-hybridized carbons (Fsp3) is 0.286. The molecule has 1 atom stereocenters. The zero-order valence-corrected chi connectivity index (χ0v) is 16.9. The van der Waals surface area contributed by atoms with Gasteiger partial charge < -0.3 is 14.6 Å². The van der Waals surface area contributed by atoms with Crippen molar-refractivity contribution in [1.82, 2.24) is 20.4 Å². The van der Waals surface area contributed by atoms with Crippen molar-refractivity contribution < 1.29 is 18.9 Å². The lowest BCUT2D eigenvalue weighted by molar-refractivity contribution is -0.885. The summed E-state index contributed by atoms with van der Waals surface area (Å²) in [5, 5.41) is 9.58. The Balaban J connectivity index is 1.53. The van der Waals surface area contributed by atoms with Crippen LogP contribution in [0.15, 0.2) is 53.1 Å². The van der Waals surface area contributed by atoms with Crippen molar-refractivity contribution in [2.75, 3.05) is 13.6 Å². The summed E-state index contributed by atoms with van der Waals surface area (Å²) >= 11 is 0. The van der Waals surface area contributed by atoms with Gasteiger partial charge >= 0.3 is 6.03 Å². The number of benzene rings is 1. The molecule has 0 aliphatic carbocycles. The molecule has 8 nitrogen and oxygen atoms in total. The van der Waals surface area contributed by atoms with Crippen molar-refractivity contribution in [3.63, 3.8) is 0 Å². The molecule has 3 amide bonds. The van der Waals surface area contributed by atoms with E-state index in [0.29, 0.717) is 12.3 Å². The molecule has 3 N–H and O–H groups in total. The van der Waals surface area contributed by atoms with Gasteiger partial charge in [0.2, 0.25) is 0 Å². The molecule has 3 aromatic rings. The summed E-state index contributed by atoms with van der Waals surface area (Å²) in [6.45, 7) is 5.02. The fourth-order valence-electron chi connectivity index (χ4n) is 3.19. The first-order valence-corrected chi connectivity index (χ1v) is 9.46. The fourth-order valence-corrected chi connectivity index (χ4v) is 3.19. The number of aromatic nitrogens is 2. The Bertz CT molecular complexity index is 964. The van der Waals surface area contributed by atoms with Crippen LogP contribution < -0.4 is 15.5 Å². The number of rotatable bonds is 7. The van der Waals surface area contributed by atoms with Crippen molar-refractivity contribution in [3.05, 3.63) is 71.4 Å². The maximum absolute atomic E-state index is 12.2. The summed E-state index contributed by atoms with van der Waals surface area (Å²) < 4.78 is 7.05. The van der Waals surface area contributed by atoms with Gasteiger partial charge in [-0.25, -0.2) is 9.48 Å². The minimum absolute atomic E-state index is 0.170. The highest BCUT2D eigenvalue weighted by Gasteiger charge is 2.19. The first-order chi connectivity index (χ1) is 13.9. The number of carbonyl (C=O) groups excluding carboxylic acids is 2. The van der Waals surface area contributed by atoms with Crippen LogP contribution >= 0.6 is 0 Å². The van der Waals surface area contributed by atoms with E-state index >= 15 is 0 Å². The number of likely N-dealkylation sites (N-methyl/N-ethyl adjacent to an activating group) is 1. The molecule has 0 saturated heterocycles. The molecular weight excluding hydrogens is 370 g/mol. The number of aryl methyl sites for hydroxylation is 1. The zero-order chi connectivity index (χ0) is 20.8. The van der Waals surface area contributed by atoms with Crippen molar-refractivity contribution in [2.45, 2.75) is 26.9 Å². The van der Waals surface area contributed by atoms with Gasteiger partial charge in [0.15, 0.2) is 6.54 Å². The van der Waals surface area contributed by atoms with Crippen molar-refractivity contribution >= 4 is 11.9 Å². The molecule has 0 saturated carbocycles. The summed E-state index contributed by atoms with van der Waals surface area (Å²) in [5.74, 6) is 0.280. The van der Waals surface area contributed by atoms with E-state index in [1.165, 1.54) is 6.26 Å². The molecule has 1 unspecified atom stereocenters. The second kappa shape index (κ2) is 9.20. The third kappa shape index (κ3) is 5.32. The molecule has 3 rings (SSSR count). The van der Waals surface area contributed by atoms with E-state index in [1.54, 1.807) is 12.1 Å². The van der Waals surface area contributed by atoms with Crippen molar-refractivity contribution in [1.29, 1.82) is 0 Å². The first kappa shape index (κ1) is 20.3. The molecule has 2 heterocycles. The average molecular weight is 396 g/mol. The predicted octanol–water partition coefficient (Wildman–Crippen LogP) is 1.12. The van der Waals surface area contributed by atoms with E-state index in [-0.39, 0.29) is 19.0 Å². The summed E-state index contributed by atoms with van der Waals surface area (Å²) in [6, 6.07) is 12.9. The maximum atomic E-state index is 12.2. The molecule has 0 radical (unpaired) electrons. The van der Waals surface area contributed by atoms with Gasteiger partial charge in [0.05, 0.1) is 42.5 Å². The van der Waals surface area contributed by atoms with Gasteiger partial charge in [0, 0.05) is 0 Å². The number of nitrogens with one attached hydrogen (secondary N) is 3. The van der Waals surface area contributed by atoms with Crippen LogP contribution in [0.2, 0.25) is 0 Å². The number of imide groups is 1. The van der Waals surface area contributed by atoms with E-state index < -0.39 is 6.03 Å². The van der Waals surface area contributed by atoms with Gasteiger partial charge in [0.25, 0.3) is 5.91 Å². The highest BCUT2D eigenvalue weighted by molar-refractivity contribution is 5.94. The summed E-state index contributed by atoms with van der Waals surface area (Å²) in [6.07, 6.45) is 1.53. The van der Waals surface area contributed by atoms with Crippen LogP contribution in [0, 0.1) is 13.8 Å². The van der Waals surface area contributed by atoms with Crippen LogP contribution in [0.1, 0.15) is 22.7 Å². The van der Waals surface area contributed by atoms with Crippen LogP contribution in [0.25, 0.3) is 5.69 Å². The lowest BCUT2D eigenvalue weighted by atomic mass is 10.2. The lowest BCUT2D eigenvalue weighted by Gasteiger charge is -2.14. The Labute approximate surface area is 169 Å². The molecule has 0 spiro atoms. The second-order valence-electron chi connectivity index (χ2n) is 7.02. The molecule has 29 heavy (non-hydrogen) atoms. The number of hydrogen-bond acceptors (Lipinski definition) is 4. The third-order valence-electron chi connectivity index (χ3n) is 4.64. The molecule has 2 aromatic heterocycles. The molecular formula is C21H26N5O3+. The molecule has 152 valence electrons. The first-order valence-electron chi connectivity index (χ1n) is 9.46. The van der Waals surface area contributed by atoms with Crippen LogP contribution in [0.4, 0.5) is 4.79 Å². The average Bonchev–Trinajstić information content (AvgIpc) is 3.30. The van der Waals surface area contributed by atoms with E-state index in [0.717, 1.165) is 27.5 Å². The number of carbonyl (C=O) groups is 2. The molecule has 0 fully saturated rings.